The van der Waals surface area contributed by atoms with E-state index in [-0.39, 0.29) is 12.7 Å². The predicted molar refractivity (Wildman–Crippen MR) is 87.6 cm³/mol. The summed E-state index contributed by atoms with van der Waals surface area (Å²) in [6.07, 6.45) is 0. The third-order valence-corrected chi connectivity index (χ3v) is 4.41. The van der Waals surface area contributed by atoms with Crippen LogP contribution in [0.25, 0.3) is 11.3 Å². The largest absolute Gasteiger partial charge is 0.454 e. The first-order valence-electron chi connectivity index (χ1n) is 7.21. The molecule has 2 aromatic heterocycles. The molecular formula is C16H13N3O4S. The zero-order chi connectivity index (χ0) is 16.7. The highest BCUT2D eigenvalue weighted by molar-refractivity contribution is 7.14. The van der Waals surface area contributed by atoms with E-state index in [1.165, 1.54) is 11.3 Å². The number of aromatic nitrogens is 2. The number of aryl methyl sites for hydroxylation is 2. The number of amides is 1. The fourth-order valence-corrected chi connectivity index (χ4v) is 3.20. The monoisotopic (exact) mass is 343 g/mol. The summed E-state index contributed by atoms with van der Waals surface area (Å²) in [5, 5.41) is 8.95. The van der Waals surface area contributed by atoms with E-state index in [1.807, 2.05) is 23.6 Å². The van der Waals surface area contributed by atoms with Crippen molar-refractivity contribution >= 4 is 22.4 Å². The first-order chi connectivity index (χ1) is 11.6. The molecule has 1 aromatic carbocycles. The summed E-state index contributed by atoms with van der Waals surface area (Å²) < 4.78 is 15.7. The van der Waals surface area contributed by atoms with Crippen LogP contribution in [-0.4, -0.2) is 22.8 Å². The van der Waals surface area contributed by atoms with E-state index in [9.17, 15) is 4.79 Å². The van der Waals surface area contributed by atoms with Crippen LogP contribution < -0.4 is 14.8 Å². The topological polar surface area (TPSA) is 86.5 Å². The first-order valence-corrected chi connectivity index (χ1v) is 8.09. The van der Waals surface area contributed by atoms with E-state index in [4.69, 9.17) is 14.0 Å². The number of thiazole rings is 1. The van der Waals surface area contributed by atoms with Gasteiger partial charge in [0.2, 0.25) is 6.79 Å². The van der Waals surface area contributed by atoms with E-state index in [0.29, 0.717) is 27.9 Å². The molecule has 0 atom stereocenters. The number of carbonyl (C=O) groups excluding carboxylic acids is 1. The number of ether oxygens (including phenoxy) is 2. The Bertz CT molecular complexity index is 912. The van der Waals surface area contributed by atoms with Gasteiger partial charge in [0.25, 0.3) is 5.91 Å². The van der Waals surface area contributed by atoms with Crippen molar-refractivity contribution in [3.63, 3.8) is 0 Å². The average molecular weight is 343 g/mol. The molecule has 1 aliphatic rings. The summed E-state index contributed by atoms with van der Waals surface area (Å²) in [6, 6.07) is 5.62. The lowest BCUT2D eigenvalue weighted by molar-refractivity contribution is 0.102. The Morgan fingerprint density at radius 1 is 1.25 bits per heavy atom. The van der Waals surface area contributed by atoms with Crippen LogP contribution in [-0.2, 0) is 0 Å². The van der Waals surface area contributed by atoms with Crippen LogP contribution in [0.3, 0.4) is 0 Å². The standard InChI is InChI=1S/C16H13N3O4S/c1-8-14(9(2)23-19-8)15(20)18-16-17-11(6-24-16)10-3-4-12-13(5-10)22-7-21-12/h3-6H,7H2,1-2H3,(H,17,18,20). The molecule has 8 heteroatoms. The van der Waals surface area contributed by atoms with Crippen LogP contribution in [0.1, 0.15) is 21.8 Å². The number of benzene rings is 1. The molecule has 24 heavy (non-hydrogen) atoms. The molecule has 0 spiro atoms. The predicted octanol–water partition coefficient (Wildman–Crippen LogP) is 3.40. The zero-order valence-electron chi connectivity index (χ0n) is 13.0. The molecule has 4 rings (SSSR count). The Balaban J connectivity index is 1.56. The maximum absolute atomic E-state index is 12.3. The van der Waals surface area contributed by atoms with Gasteiger partial charge in [-0.15, -0.1) is 11.3 Å². The third-order valence-electron chi connectivity index (χ3n) is 3.65. The summed E-state index contributed by atoms with van der Waals surface area (Å²) in [4.78, 5) is 16.8. The van der Waals surface area contributed by atoms with Gasteiger partial charge in [-0.3, -0.25) is 10.1 Å². The quantitative estimate of drug-likeness (QED) is 0.784. The Morgan fingerprint density at radius 2 is 2.08 bits per heavy atom. The number of nitrogens with one attached hydrogen (secondary N) is 1. The summed E-state index contributed by atoms with van der Waals surface area (Å²) in [6.45, 7) is 3.66. The van der Waals surface area contributed by atoms with Gasteiger partial charge >= 0.3 is 0 Å². The van der Waals surface area contributed by atoms with Crippen LogP contribution in [0, 0.1) is 13.8 Å². The highest BCUT2D eigenvalue weighted by atomic mass is 32.1. The Morgan fingerprint density at radius 3 is 2.88 bits per heavy atom. The SMILES string of the molecule is Cc1noc(C)c1C(=O)Nc1nc(-c2ccc3c(c2)OCO3)cs1. The van der Waals surface area contributed by atoms with Crippen molar-refractivity contribution in [1.82, 2.24) is 10.1 Å². The first kappa shape index (κ1) is 14.7. The number of nitrogens with zero attached hydrogens (tertiary/aromatic N) is 2. The average Bonchev–Trinajstić information content (AvgIpc) is 3.27. The molecule has 3 heterocycles. The number of rotatable bonds is 3. The van der Waals surface area contributed by atoms with Gasteiger partial charge in [0.1, 0.15) is 11.3 Å². The summed E-state index contributed by atoms with van der Waals surface area (Å²) in [5.74, 6) is 1.62. The molecular weight excluding hydrogens is 330 g/mol. The van der Waals surface area contributed by atoms with Crippen molar-refractivity contribution in [2.45, 2.75) is 13.8 Å². The molecule has 0 aliphatic carbocycles. The lowest BCUT2D eigenvalue weighted by atomic mass is 10.1. The molecule has 3 aromatic rings. The van der Waals surface area contributed by atoms with Crippen LogP contribution in [0.2, 0.25) is 0 Å². The normalized spacial score (nSPS) is 12.4. The van der Waals surface area contributed by atoms with Crippen LogP contribution >= 0.6 is 11.3 Å². The minimum Gasteiger partial charge on any atom is -0.454 e. The molecule has 1 amide bonds. The molecule has 0 saturated carbocycles. The van der Waals surface area contributed by atoms with Gasteiger partial charge in [-0.1, -0.05) is 5.16 Å². The highest BCUT2D eigenvalue weighted by Crippen LogP contribution is 2.36. The van der Waals surface area contributed by atoms with Crippen molar-refractivity contribution in [1.29, 1.82) is 0 Å². The van der Waals surface area contributed by atoms with Gasteiger partial charge in [0.15, 0.2) is 16.6 Å². The van der Waals surface area contributed by atoms with E-state index in [1.54, 1.807) is 13.8 Å². The van der Waals surface area contributed by atoms with Gasteiger partial charge in [0, 0.05) is 10.9 Å². The molecule has 0 fully saturated rings. The van der Waals surface area contributed by atoms with Crippen molar-refractivity contribution in [2.75, 3.05) is 12.1 Å². The Hall–Kier alpha value is -2.87. The van der Waals surface area contributed by atoms with E-state index in [2.05, 4.69) is 15.5 Å². The van der Waals surface area contributed by atoms with E-state index in [0.717, 1.165) is 17.0 Å². The minimum atomic E-state index is -0.280. The fraction of sp³-hybridized carbons (Fsp3) is 0.188. The second kappa shape index (κ2) is 5.64. The fourth-order valence-electron chi connectivity index (χ4n) is 2.49. The zero-order valence-corrected chi connectivity index (χ0v) is 13.8. The summed E-state index contributed by atoms with van der Waals surface area (Å²) in [5.41, 5.74) is 2.65. The van der Waals surface area contributed by atoms with Gasteiger partial charge in [-0.05, 0) is 32.0 Å². The number of fused-ring (bicyclic) bond motifs is 1. The molecule has 0 saturated heterocycles. The third kappa shape index (κ3) is 2.50. The van der Waals surface area contributed by atoms with Gasteiger partial charge in [0.05, 0.1) is 11.4 Å². The maximum Gasteiger partial charge on any atom is 0.262 e. The molecule has 122 valence electrons. The second-order valence-electron chi connectivity index (χ2n) is 5.26. The smallest absolute Gasteiger partial charge is 0.262 e. The lowest BCUT2D eigenvalue weighted by Gasteiger charge is -2.01. The van der Waals surface area contributed by atoms with Gasteiger partial charge in [-0.2, -0.15) is 0 Å². The molecule has 0 radical (unpaired) electrons. The molecule has 0 bridgehead atoms. The molecule has 7 nitrogen and oxygen atoms in total. The van der Waals surface area contributed by atoms with Crippen molar-refractivity contribution < 1.29 is 18.8 Å². The van der Waals surface area contributed by atoms with Gasteiger partial charge < -0.3 is 14.0 Å². The number of anilines is 1. The van der Waals surface area contributed by atoms with Crippen molar-refractivity contribution in [3.05, 3.63) is 40.6 Å². The maximum atomic E-state index is 12.3. The highest BCUT2D eigenvalue weighted by Gasteiger charge is 2.19. The minimum absolute atomic E-state index is 0.231. The van der Waals surface area contributed by atoms with E-state index >= 15 is 0 Å². The van der Waals surface area contributed by atoms with Crippen LogP contribution in [0.15, 0.2) is 28.1 Å². The lowest BCUT2D eigenvalue weighted by Crippen LogP contribution is -2.13. The number of carbonyl (C=O) groups is 1. The van der Waals surface area contributed by atoms with Crippen molar-refractivity contribution in [2.24, 2.45) is 0 Å². The van der Waals surface area contributed by atoms with Crippen LogP contribution in [0.5, 0.6) is 11.5 Å². The van der Waals surface area contributed by atoms with Crippen molar-refractivity contribution in [3.8, 4) is 22.8 Å². The number of hydrogen-bond donors (Lipinski definition) is 1. The van der Waals surface area contributed by atoms with Crippen LogP contribution in [0.4, 0.5) is 5.13 Å². The summed E-state index contributed by atoms with van der Waals surface area (Å²) in [7, 11) is 0. The second-order valence-corrected chi connectivity index (χ2v) is 6.12. The Kier molecular flexibility index (Phi) is 3.46. The summed E-state index contributed by atoms with van der Waals surface area (Å²) >= 11 is 1.35. The molecule has 1 aliphatic heterocycles. The molecule has 0 unspecified atom stereocenters. The van der Waals surface area contributed by atoms with Gasteiger partial charge in [-0.25, -0.2) is 4.98 Å². The Labute approximate surface area is 141 Å². The number of hydrogen-bond acceptors (Lipinski definition) is 7. The van der Waals surface area contributed by atoms with E-state index < -0.39 is 0 Å². The molecule has 1 N–H and O–H groups in total.